The number of nitrogens with zero attached hydrogens (tertiary/aromatic N) is 4. The minimum Gasteiger partial charge on any atom is -0.444 e. The van der Waals surface area contributed by atoms with Gasteiger partial charge in [-0.1, -0.05) is 30.3 Å². The quantitative estimate of drug-likeness (QED) is 0.312. The lowest BCUT2D eigenvalue weighted by Crippen LogP contribution is -2.41. The molecule has 0 radical (unpaired) electrons. The molecule has 2 heterocycles. The van der Waals surface area contributed by atoms with E-state index in [1.54, 1.807) is 0 Å². The van der Waals surface area contributed by atoms with E-state index in [0.717, 1.165) is 37.6 Å². The number of alkyl carbamates (subject to hydrolysis) is 1. The topological polar surface area (TPSA) is 83.8 Å². The smallest absolute Gasteiger partial charge is 0.408 e. The van der Waals surface area contributed by atoms with Gasteiger partial charge in [0.2, 0.25) is 0 Å². The number of ether oxygens (including phenoxy) is 1. The second-order valence-corrected chi connectivity index (χ2v) is 9.18. The Hall–Kier alpha value is -2.30. The number of benzene rings is 1. The lowest BCUT2D eigenvalue weighted by molar-refractivity contribution is 0.0505. The van der Waals surface area contributed by atoms with Crippen molar-refractivity contribution in [1.29, 1.82) is 0 Å². The zero-order valence-electron chi connectivity index (χ0n) is 20.2. The third-order valence-electron chi connectivity index (χ3n) is 5.34. The lowest BCUT2D eigenvalue weighted by atomic mass is 10.0. The number of likely N-dealkylation sites (tertiary alicyclic amines) is 1. The third-order valence-corrected chi connectivity index (χ3v) is 5.34. The lowest BCUT2D eigenvalue weighted by Gasteiger charge is -2.25. The van der Waals surface area contributed by atoms with Crippen LogP contribution in [0.15, 0.2) is 47.7 Å². The molecule has 1 aromatic heterocycles. The van der Waals surface area contributed by atoms with Crippen molar-refractivity contribution in [3.63, 3.8) is 0 Å². The summed E-state index contributed by atoms with van der Waals surface area (Å²) < 4.78 is 7.33. The number of guanidine groups is 1. The normalized spacial score (nSPS) is 17.3. The zero-order chi connectivity index (χ0) is 23.1. The Bertz CT molecular complexity index is 909. The molecule has 0 bridgehead atoms. The van der Waals surface area contributed by atoms with Crippen LogP contribution in [0.2, 0.25) is 0 Å². The number of aliphatic imine (C=N–C) groups is 1. The van der Waals surface area contributed by atoms with E-state index < -0.39 is 11.7 Å². The number of aryl methyl sites for hydroxylation is 1. The van der Waals surface area contributed by atoms with Crippen LogP contribution >= 0.6 is 24.0 Å². The number of hydrogen-bond donors (Lipinski definition) is 2. The maximum Gasteiger partial charge on any atom is 0.408 e. The molecule has 1 aromatic carbocycles. The molecule has 8 nitrogen and oxygen atoms in total. The number of halogens is 1. The van der Waals surface area contributed by atoms with Crippen LogP contribution in [0.4, 0.5) is 4.79 Å². The molecule has 2 atom stereocenters. The van der Waals surface area contributed by atoms with Gasteiger partial charge in [-0.2, -0.15) is 5.10 Å². The van der Waals surface area contributed by atoms with Crippen molar-refractivity contribution in [2.75, 3.05) is 26.2 Å². The van der Waals surface area contributed by atoms with Crippen molar-refractivity contribution in [2.45, 2.75) is 51.7 Å². The maximum absolute atomic E-state index is 12.5. The molecule has 2 unspecified atom stereocenters. The molecule has 0 aliphatic carbocycles. The molecule has 2 aromatic rings. The van der Waals surface area contributed by atoms with Crippen molar-refractivity contribution >= 4 is 36.0 Å². The molecule has 3 rings (SSSR count). The van der Waals surface area contributed by atoms with Crippen molar-refractivity contribution < 1.29 is 9.53 Å². The molecule has 2 N–H and O–H groups in total. The first kappa shape index (κ1) is 26.9. The average molecular weight is 569 g/mol. The number of amides is 1. The van der Waals surface area contributed by atoms with Crippen molar-refractivity contribution in [3.05, 3.63) is 53.9 Å². The highest BCUT2D eigenvalue weighted by atomic mass is 127. The fraction of sp³-hybridized carbons (Fsp3) is 0.542. The van der Waals surface area contributed by atoms with Gasteiger partial charge in [0.1, 0.15) is 5.60 Å². The maximum atomic E-state index is 12.5. The number of carbonyl (C=O) groups is 1. The number of aromatic nitrogens is 2. The van der Waals surface area contributed by atoms with Crippen LogP contribution in [0.1, 0.15) is 57.2 Å². The van der Waals surface area contributed by atoms with E-state index in [4.69, 9.17) is 9.73 Å². The Kier molecular flexibility index (Phi) is 10.00. The van der Waals surface area contributed by atoms with Crippen LogP contribution in [-0.2, 0) is 11.8 Å². The van der Waals surface area contributed by atoms with Crippen molar-refractivity contribution in [3.8, 4) is 0 Å². The number of rotatable bonds is 6. The summed E-state index contributed by atoms with van der Waals surface area (Å²) in [6.45, 7) is 10.7. The highest BCUT2D eigenvalue weighted by Crippen LogP contribution is 2.27. The standard InChI is InChI=1S/C24H36N6O2.HI/c1-6-25-22(30-13-12-19(17-30)20-14-27-29(5)16-20)26-15-21(18-10-8-7-9-11-18)28-23(31)32-24(2,3)4;/h7-11,14,16,19,21H,6,12-13,15,17H2,1-5H3,(H,25,26)(H,28,31);1H. The SMILES string of the molecule is CCNC(=NCC(NC(=O)OC(C)(C)C)c1ccccc1)N1CCC(c2cnn(C)c2)C1.I. The minimum atomic E-state index is -0.555. The van der Waals surface area contributed by atoms with E-state index in [9.17, 15) is 4.79 Å². The molecular formula is C24H37IN6O2. The number of hydrogen-bond acceptors (Lipinski definition) is 4. The summed E-state index contributed by atoms with van der Waals surface area (Å²) in [5, 5.41) is 10.7. The highest BCUT2D eigenvalue weighted by Gasteiger charge is 2.27. The molecule has 1 aliphatic heterocycles. The van der Waals surface area contributed by atoms with Gasteiger partial charge in [-0.3, -0.25) is 9.67 Å². The second-order valence-electron chi connectivity index (χ2n) is 9.18. The number of nitrogens with one attached hydrogen (secondary N) is 2. The van der Waals surface area contributed by atoms with E-state index in [0.29, 0.717) is 12.5 Å². The molecule has 1 amide bonds. The molecule has 9 heteroatoms. The molecule has 1 fully saturated rings. The van der Waals surface area contributed by atoms with Crippen LogP contribution in [-0.4, -0.2) is 58.5 Å². The molecule has 1 saturated heterocycles. The van der Waals surface area contributed by atoms with E-state index in [1.807, 2.05) is 69.0 Å². The molecule has 33 heavy (non-hydrogen) atoms. The first-order valence-electron chi connectivity index (χ1n) is 11.3. The average Bonchev–Trinajstić information content (AvgIpc) is 3.38. The fourth-order valence-corrected chi connectivity index (χ4v) is 3.85. The molecule has 182 valence electrons. The fourth-order valence-electron chi connectivity index (χ4n) is 3.85. The van der Waals surface area contributed by atoms with Crippen molar-refractivity contribution in [1.82, 2.24) is 25.3 Å². The third kappa shape index (κ3) is 8.21. The van der Waals surface area contributed by atoms with Crippen LogP contribution < -0.4 is 10.6 Å². The zero-order valence-corrected chi connectivity index (χ0v) is 22.6. The van der Waals surface area contributed by atoms with Gasteiger partial charge in [-0.25, -0.2) is 4.79 Å². The predicted molar refractivity (Wildman–Crippen MR) is 142 cm³/mol. The Morgan fingerprint density at radius 1 is 1.30 bits per heavy atom. The van der Waals surface area contributed by atoms with Crippen LogP contribution in [0.3, 0.4) is 0 Å². The summed E-state index contributed by atoms with van der Waals surface area (Å²) >= 11 is 0. The molecular weight excluding hydrogens is 531 g/mol. The molecule has 0 spiro atoms. The highest BCUT2D eigenvalue weighted by molar-refractivity contribution is 14.0. The second kappa shape index (κ2) is 12.2. The van der Waals surface area contributed by atoms with Gasteiger partial charge >= 0.3 is 6.09 Å². The van der Waals surface area contributed by atoms with Gasteiger partial charge < -0.3 is 20.3 Å². The monoisotopic (exact) mass is 568 g/mol. The largest absolute Gasteiger partial charge is 0.444 e. The minimum absolute atomic E-state index is 0. The van der Waals surface area contributed by atoms with Gasteiger partial charge in [0.15, 0.2) is 5.96 Å². The Balaban J connectivity index is 0.00000385. The van der Waals surface area contributed by atoms with E-state index in [-0.39, 0.29) is 30.0 Å². The van der Waals surface area contributed by atoms with Crippen molar-refractivity contribution in [2.24, 2.45) is 12.0 Å². The summed E-state index contributed by atoms with van der Waals surface area (Å²) in [7, 11) is 1.95. The van der Waals surface area contributed by atoms with Gasteiger partial charge in [0.25, 0.3) is 0 Å². The van der Waals surface area contributed by atoms with Crippen LogP contribution in [0, 0.1) is 0 Å². The van der Waals surface area contributed by atoms with E-state index in [2.05, 4.69) is 33.8 Å². The first-order valence-corrected chi connectivity index (χ1v) is 11.3. The van der Waals surface area contributed by atoms with Gasteiger partial charge in [-0.05, 0) is 45.2 Å². The van der Waals surface area contributed by atoms with E-state index in [1.165, 1.54) is 5.56 Å². The summed E-state index contributed by atoms with van der Waals surface area (Å²) in [4.78, 5) is 19.6. The Morgan fingerprint density at radius 2 is 2.03 bits per heavy atom. The van der Waals surface area contributed by atoms with Crippen LogP contribution in [0.5, 0.6) is 0 Å². The summed E-state index contributed by atoms with van der Waals surface area (Å²) in [5.41, 5.74) is 1.70. The summed E-state index contributed by atoms with van der Waals surface area (Å²) in [5.74, 6) is 1.31. The molecule has 0 saturated carbocycles. The Morgan fingerprint density at radius 3 is 2.64 bits per heavy atom. The van der Waals surface area contributed by atoms with Crippen LogP contribution in [0.25, 0.3) is 0 Å². The van der Waals surface area contributed by atoms with Gasteiger partial charge in [-0.15, -0.1) is 24.0 Å². The summed E-state index contributed by atoms with van der Waals surface area (Å²) in [6, 6.07) is 9.61. The Labute approximate surface area is 214 Å². The van der Waals surface area contributed by atoms with Gasteiger partial charge in [0.05, 0.1) is 18.8 Å². The number of carbonyl (C=O) groups excluding carboxylic acids is 1. The summed E-state index contributed by atoms with van der Waals surface area (Å²) in [6.07, 6.45) is 4.67. The van der Waals surface area contributed by atoms with E-state index >= 15 is 0 Å². The first-order chi connectivity index (χ1) is 15.2. The molecule has 1 aliphatic rings. The predicted octanol–water partition coefficient (Wildman–Crippen LogP) is 4.06. The van der Waals surface area contributed by atoms with Gasteiger partial charge in [0, 0.05) is 38.8 Å².